The van der Waals surface area contributed by atoms with Gasteiger partial charge in [0.15, 0.2) is 0 Å². The van der Waals surface area contributed by atoms with Crippen molar-refractivity contribution in [1.82, 2.24) is 15.4 Å². The lowest BCUT2D eigenvalue weighted by atomic mass is 10.2. The van der Waals surface area contributed by atoms with Crippen molar-refractivity contribution in [3.05, 3.63) is 17.0 Å². The zero-order valence-corrected chi connectivity index (χ0v) is 11.3. The average molecular weight is 237 g/mol. The molecule has 1 aromatic rings. The van der Waals surface area contributed by atoms with Crippen molar-refractivity contribution in [2.24, 2.45) is 0 Å². The van der Waals surface area contributed by atoms with Crippen LogP contribution in [0.4, 0.5) is 0 Å². The number of aryl methyl sites for hydroxylation is 2. The first-order valence-corrected chi connectivity index (χ1v) is 6.46. The van der Waals surface area contributed by atoms with Crippen LogP contribution < -0.4 is 5.32 Å². The smallest absolute Gasteiger partial charge is 0.138 e. The highest BCUT2D eigenvalue weighted by Gasteiger charge is 2.24. The van der Waals surface area contributed by atoms with E-state index in [-0.39, 0.29) is 0 Å². The van der Waals surface area contributed by atoms with Gasteiger partial charge in [-0.15, -0.1) is 0 Å². The molecule has 0 radical (unpaired) electrons. The first-order valence-electron chi connectivity index (χ1n) is 6.46. The maximum absolute atomic E-state index is 5.20. The van der Waals surface area contributed by atoms with Gasteiger partial charge < -0.3 is 9.84 Å². The summed E-state index contributed by atoms with van der Waals surface area (Å²) in [5, 5.41) is 7.61. The molecule has 96 valence electrons. The van der Waals surface area contributed by atoms with Gasteiger partial charge in [-0.25, -0.2) is 0 Å². The molecule has 0 spiro atoms. The second-order valence-electron chi connectivity index (χ2n) is 5.34. The molecule has 1 aromatic heterocycles. The molecular weight excluding hydrogens is 214 g/mol. The van der Waals surface area contributed by atoms with Gasteiger partial charge in [-0.3, -0.25) is 4.90 Å². The molecule has 0 saturated carbocycles. The molecule has 0 amide bonds. The molecule has 1 aliphatic rings. The van der Waals surface area contributed by atoms with Gasteiger partial charge in [0.1, 0.15) is 5.76 Å². The second kappa shape index (κ2) is 5.19. The van der Waals surface area contributed by atoms with Crippen molar-refractivity contribution in [1.29, 1.82) is 0 Å². The van der Waals surface area contributed by atoms with Crippen LogP contribution in [0.3, 0.4) is 0 Å². The van der Waals surface area contributed by atoms with Crippen LogP contribution in [0.15, 0.2) is 4.52 Å². The third-order valence-corrected chi connectivity index (χ3v) is 3.40. The number of nitrogens with zero attached hydrogens (tertiary/aromatic N) is 2. The number of hydrogen-bond donors (Lipinski definition) is 1. The normalized spacial score (nSPS) is 21.6. The van der Waals surface area contributed by atoms with E-state index < -0.39 is 0 Å². The molecule has 4 nitrogen and oxygen atoms in total. The summed E-state index contributed by atoms with van der Waals surface area (Å²) in [4.78, 5) is 2.48. The quantitative estimate of drug-likeness (QED) is 0.868. The topological polar surface area (TPSA) is 41.3 Å². The van der Waals surface area contributed by atoms with E-state index in [4.69, 9.17) is 4.52 Å². The van der Waals surface area contributed by atoms with Gasteiger partial charge >= 0.3 is 0 Å². The van der Waals surface area contributed by atoms with Crippen molar-refractivity contribution in [2.75, 3.05) is 13.1 Å². The average Bonchev–Trinajstić information content (AvgIpc) is 2.79. The summed E-state index contributed by atoms with van der Waals surface area (Å²) in [7, 11) is 0. The Morgan fingerprint density at radius 3 is 2.82 bits per heavy atom. The Hall–Kier alpha value is -0.870. The Bertz CT molecular complexity index is 353. The molecule has 1 N–H and O–H groups in total. The summed E-state index contributed by atoms with van der Waals surface area (Å²) in [5.41, 5.74) is 2.29. The molecule has 2 heterocycles. The van der Waals surface area contributed by atoms with Crippen LogP contribution in [0.1, 0.15) is 37.3 Å². The maximum atomic E-state index is 5.20. The van der Waals surface area contributed by atoms with E-state index in [1.54, 1.807) is 0 Å². The van der Waals surface area contributed by atoms with E-state index in [1.807, 2.05) is 13.8 Å². The van der Waals surface area contributed by atoms with Crippen molar-refractivity contribution in [3.8, 4) is 0 Å². The molecular formula is C13H23N3O. The summed E-state index contributed by atoms with van der Waals surface area (Å²) >= 11 is 0. The SMILES string of the molecule is Cc1noc(C)c1CN1CCC(NC(C)C)C1. The van der Waals surface area contributed by atoms with E-state index >= 15 is 0 Å². The summed E-state index contributed by atoms with van der Waals surface area (Å²) in [6.45, 7) is 11.7. The molecule has 2 rings (SSSR count). The highest BCUT2D eigenvalue weighted by atomic mass is 16.5. The molecule has 17 heavy (non-hydrogen) atoms. The Balaban J connectivity index is 1.90. The van der Waals surface area contributed by atoms with E-state index in [0.717, 1.165) is 31.1 Å². The fourth-order valence-corrected chi connectivity index (χ4v) is 2.53. The van der Waals surface area contributed by atoms with E-state index in [0.29, 0.717) is 12.1 Å². The van der Waals surface area contributed by atoms with Crippen molar-refractivity contribution < 1.29 is 4.52 Å². The number of likely N-dealkylation sites (tertiary alicyclic amines) is 1. The van der Waals surface area contributed by atoms with E-state index in [2.05, 4.69) is 29.2 Å². The standard InChI is InChI=1S/C13H23N3O/c1-9(2)14-12-5-6-16(7-12)8-13-10(3)15-17-11(13)4/h9,12,14H,5-8H2,1-4H3. The van der Waals surface area contributed by atoms with Gasteiger partial charge in [-0.1, -0.05) is 19.0 Å². The van der Waals surface area contributed by atoms with Gasteiger partial charge in [-0.2, -0.15) is 0 Å². The highest BCUT2D eigenvalue weighted by molar-refractivity contribution is 5.20. The summed E-state index contributed by atoms with van der Waals surface area (Å²) < 4.78 is 5.20. The van der Waals surface area contributed by atoms with Crippen LogP contribution in [0.2, 0.25) is 0 Å². The van der Waals surface area contributed by atoms with Gasteiger partial charge in [0.25, 0.3) is 0 Å². The first-order chi connectivity index (χ1) is 8.06. The molecule has 4 heteroatoms. The van der Waals surface area contributed by atoms with Crippen molar-refractivity contribution in [3.63, 3.8) is 0 Å². The molecule has 1 saturated heterocycles. The monoisotopic (exact) mass is 237 g/mol. The van der Waals surface area contributed by atoms with Crippen LogP contribution >= 0.6 is 0 Å². The highest BCUT2D eigenvalue weighted by Crippen LogP contribution is 2.18. The molecule has 1 atom stereocenters. The predicted molar refractivity (Wildman–Crippen MR) is 67.9 cm³/mol. The van der Waals surface area contributed by atoms with Gasteiger partial charge in [0, 0.05) is 37.3 Å². The molecule has 0 bridgehead atoms. The molecule has 1 fully saturated rings. The minimum absolute atomic E-state index is 0.569. The third kappa shape index (κ3) is 3.07. The Morgan fingerprint density at radius 2 is 2.24 bits per heavy atom. The fraction of sp³-hybridized carbons (Fsp3) is 0.769. The molecule has 1 aliphatic heterocycles. The molecule has 0 aromatic carbocycles. The number of hydrogen-bond acceptors (Lipinski definition) is 4. The summed E-state index contributed by atoms with van der Waals surface area (Å²) in [6.07, 6.45) is 1.24. The summed E-state index contributed by atoms with van der Waals surface area (Å²) in [5.74, 6) is 0.961. The zero-order valence-electron chi connectivity index (χ0n) is 11.3. The lowest BCUT2D eigenvalue weighted by molar-refractivity contribution is 0.313. The van der Waals surface area contributed by atoms with E-state index in [1.165, 1.54) is 12.0 Å². The van der Waals surface area contributed by atoms with Crippen LogP contribution in [0, 0.1) is 13.8 Å². The van der Waals surface area contributed by atoms with Crippen LogP contribution in [0.5, 0.6) is 0 Å². The number of aromatic nitrogens is 1. The van der Waals surface area contributed by atoms with Crippen molar-refractivity contribution >= 4 is 0 Å². The van der Waals surface area contributed by atoms with Crippen LogP contribution in [0.25, 0.3) is 0 Å². The van der Waals surface area contributed by atoms with Crippen LogP contribution in [-0.2, 0) is 6.54 Å². The van der Waals surface area contributed by atoms with Gasteiger partial charge in [0.05, 0.1) is 5.69 Å². The largest absolute Gasteiger partial charge is 0.361 e. The Morgan fingerprint density at radius 1 is 1.47 bits per heavy atom. The number of nitrogens with one attached hydrogen (secondary N) is 1. The molecule has 1 unspecified atom stereocenters. The first kappa shape index (κ1) is 12.6. The van der Waals surface area contributed by atoms with Gasteiger partial charge in [-0.05, 0) is 20.3 Å². The summed E-state index contributed by atoms with van der Waals surface area (Å²) in [6, 6.07) is 1.20. The second-order valence-corrected chi connectivity index (χ2v) is 5.34. The lowest BCUT2D eigenvalue weighted by Crippen LogP contribution is -2.36. The van der Waals surface area contributed by atoms with Gasteiger partial charge in [0.2, 0.25) is 0 Å². The third-order valence-electron chi connectivity index (χ3n) is 3.40. The van der Waals surface area contributed by atoms with Crippen LogP contribution in [-0.4, -0.2) is 35.2 Å². The zero-order chi connectivity index (χ0) is 12.4. The predicted octanol–water partition coefficient (Wildman–Crippen LogP) is 1.86. The minimum atomic E-state index is 0.569. The Labute approximate surface area is 103 Å². The minimum Gasteiger partial charge on any atom is -0.361 e. The lowest BCUT2D eigenvalue weighted by Gasteiger charge is -2.18. The maximum Gasteiger partial charge on any atom is 0.138 e. The Kier molecular flexibility index (Phi) is 3.84. The van der Waals surface area contributed by atoms with E-state index in [9.17, 15) is 0 Å². The fourth-order valence-electron chi connectivity index (χ4n) is 2.53. The number of rotatable bonds is 4. The molecule has 0 aliphatic carbocycles. The van der Waals surface area contributed by atoms with Crippen molar-refractivity contribution in [2.45, 2.75) is 52.7 Å².